The SMILES string of the molecule is Cc1ncc(CNC(=O)C=Cc2ccccc2OC(F)F)s1. The summed E-state index contributed by atoms with van der Waals surface area (Å²) in [6.45, 7) is -0.641. The zero-order valence-electron chi connectivity index (χ0n) is 11.8. The minimum absolute atomic E-state index is 0.0274. The predicted molar refractivity (Wildman–Crippen MR) is 80.8 cm³/mol. The van der Waals surface area contributed by atoms with E-state index in [1.54, 1.807) is 24.4 Å². The van der Waals surface area contributed by atoms with Crippen molar-refractivity contribution in [1.82, 2.24) is 10.3 Å². The third kappa shape index (κ3) is 4.92. The van der Waals surface area contributed by atoms with Gasteiger partial charge in [0.05, 0.1) is 11.6 Å². The summed E-state index contributed by atoms with van der Waals surface area (Å²) in [5, 5.41) is 3.63. The molecule has 1 heterocycles. The molecule has 22 heavy (non-hydrogen) atoms. The molecule has 2 rings (SSSR count). The summed E-state index contributed by atoms with van der Waals surface area (Å²) in [4.78, 5) is 16.8. The molecule has 0 aliphatic carbocycles. The Balaban J connectivity index is 1.94. The van der Waals surface area contributed by atoms with Gasteiger partial charge in [0, 0.05) is 22.7 Å². The lowest BCUT2D eigenvalue weighted by molar-refractivity contribution is -0.116. The van der Waals surface area contributed by atoms with Crippen LogP contribution in [0.3, 0.4) is 0 Å². The molecule has 0 fully saturated rings. The van der Waals surface area contributed by atoms with Crippen LogP contribution >= 0.6 is 11.3 Å². The van der Waals surface area contributed by atoms with E-state index in [1.807, 2.05) is 6.92 Å². The number of benzene rings is 1. The van der Waals surface area contributed by atoms with Gasteiger partial charge in [-0.1, -0.05) is 18.2 Å². The number of halogens is 2. The number of aryl methyl sites for hydroxylation is 1. The van der Waals surface area contributed by atoms with E-state index in [2.05, 4.69) is 15.0 Å². The molecule has 116 valence electrons. The zero-order valence-corrected chi connectivity index (χ0v) is 12.6. The molecule has 7 heteroatoms. The molecule has 1 aromatic carbocycles. The topological polar surface area (TPSA) is 51.2 Å². The van der Waals surface area contributed by atoms with Gasteiger partial charge in [0.25, 0.3) is 0 Å². The van der Waals surface area contributed by atoms with Crippen LogP contribution in [0, 0.1) is 6.92 Å². The molecule has 1 N–H and O–H groups in total. The van der Waals surface area contributed by atoms with Crippen molar-refractivity contribution < 1.29 is 18.3 Å². The number of nitrogens with one attached hydrogen (secondary N) is 1. The van der Waals surface area contributed by atoms with Crippen molar-refractivity contribution in [2.75, 3.05) is 0 Å². The van der Waals surface area contributed by atoms with E-state index in [1.165, 1.54) is 29.6 Å². The number of rotatable bonds is 6. The van der Waals surface area contributed by atoms with Crippen LogP contribution in [-0.2, 0) is 11.3 Å². The summed E-state index contributed by atoms with van der Waals surface area (Å²) in [6, 6.07) is 6.27. The second-order valence-corrected chi connectivity index (χ2v) is 5.63. The van der Waals surface area contributed by atoms with Crippen molar-refractivity contribution in [2.24, 2.45) is 0 Å². The summed E-state index contributed by atoms with van der Waals surface area (Å²) < 4.78 is 28.9. The monoisotopic (exact) mass is 324 g/mol. The van der Waals surface area contributed by atoms with Gasteiger partial charge >= 0.3 is 6.61 Å². The van der Waals surface area contributed by atoms with Crippen LogP contribution in [0.25, 0.3) is 6.08 Å². The van der Waals surface area contributed by atoms with Gasteiger partial charge in [0.2, 0.25) is 5.91 Å². The highest BCUT2D eigenvalue weighted by Gasteiger charge is 2.07. The van der Waals surface area contributed by atoms with Crippen LogP contribution in [0.1, 0.15) is 15.4 Å². The Bertz CT molecular complexity index is 671. The minimum Gasteiger partial charge on any atom is -0.434 e. The molecule has 0 atom stereocenters. The van der Waals surface area contributed by atoms with Gasteiger partial charge in [-0.05, 0) is 19.1 Å². The van der Waals surface area contributed by atoms with E-state index in [-0.39, 0.29) is 11.7 Å². The fraction of sp³-hybridized carbons (Fsp3) is 0.200. The number of amides is 1. The minimum atomic E-state index is -2.90. The molecule has 0 saturated heterocycles. The second kappa shape index (κ2) is 7.65. The summed E-state index contributed by atoms with van der Waals surface area (Å²) >= 11 is 1.50. The summed E-state index contributed by atoms with van der Waals surface area (Å²) in [7, 11) is 0. The first-order chi connectivity index (χ1) is 10.5. The van der Waals surface area contributed by atoms with Gasteiger partial charge in [-0.2, -0.15) is 8.78 Å². The van der Waals surface area contributed by atoms with Gasteiger partial charge in [-0.25, -0.2) is 4.98 Å². The van der Waals surface area contributed by atoms with Gasteiger partial charge in [-0.15, -0.1) is 11.3 Å². The highest BCUT2D eigenvalue weighted by molar-refractivity contribution is 7.11. The van der Waals surface area contributed by atoms with Gasteiger partial charge in [0.1, 0.15) is 5.75 Å². The first-order valence-electron chi connectivity index (χ1n) is 6.45. The van der Waals surface area contributed by atoms with Gasteiger partial charge in [0.15, 0.2) is 0 Å². The average molecular weight is 324 g/mol. The van der Waals surface area contributed by atoms with Crippen LogP contribution in [0.15, 0.2) is 36.5 Å². The number of carbonyl (C=O) groups is 1. The van der Waals surface area contributed by atoms with E-state index in [0.717, 1.165) is 9.88 Å². The quantitative estimate of drug-likeness (QED) is 0.829. The first-order valence-corrected chi connectivity index (χ1v) is 7.27. The number of carbonyl (C=O) groups excluding carboxylic acids is 1. The number of aromatic nitrogens is 1. The summed E-state index contributed by atoms with van der Waals surface area (Å²) in [5.74, 6) is -0.294. The van der Waals surface area contributed by atoms with Crippen LogP contribution in [0.5, 0.6) is 5.75 Å². The Morgan fingerprint density at radius 1 is 1.45 bits per heavy atom. The second-order valence-electron chi connectivity index (χ2n) is 4.31. The van der Waals surface area contributed by atoms with E-state index >= 15 is 0 Å². The van der Waals surface area contributed by atoms with Crippen LogP contribution < -0.4 is 10.1 Å². The Morgan fingerprint density at radius 3 is 2.91 bits per heavy atom. The van der Waals surface area contributed by atoms with Crippen molar-refractivity contribution in [1.29, 1.82) is 0 Å². The third-order valence-corrected chi connectivity index (χ3v) is 3.57. The van der Waals surface area contributed by atoms with E-state index < -0.39 is 6.61 Å². The van der Waals surface area contributed by atoms with Gasteiger partial charge in [-0.3, -0.25) is 4.79 Å². The standard InChI is InChI=1S/C15H14F2N2O2S/c1-10-18-8-12(22-10)9-19-14(20)7-6-11-4-2-3-5-13(11)21-15(16)17/h2-8,15H,9H2,1H3,(H,19,20). The average Bonchev–Trinajstić information content (AvgIpc) is 2.89. The van der Waals surface area contributed by atoms with E-state index in [4.69, 9.17) is 0 Å². The Labute approximate surface area is 130 Å². The Morgan fingerprint density at radius 2 is 2.23 bits per heavy atom. The normalized spacial score (nSPS) is 11.1. The highest BCUT2D eigenvalue weighted by Crippen LogP contribution is 2.21. The number of hydrogen-bond acceptors (Lipinski definition) is 4. The molecule has 0 bridgehead atoms. The Hall–Kier alpha value is -2.28. The maximum atomic E-state index is 12.3. The number of para-hydroxylation sites is 1. The molecule has 0 spiro atoms. The molecule has 0 saturated carbocycles. The Kier molecular flexibility index (Phi) is 5.60. The van der Waals surface area contributed by atoms with Crippen LogP contribution in [0.4, 0.5) is 8.78 Å². The number of nitrogens with zero attached hydrogens (tertiary/aromatic N) is 1. The van der Waals surface area contributed by atoms with Crippen molar-refractivity contribution in [3.63, 3.8) is 0 Å². The molecule has 0 aliphatic rings. The predicted octanol–water partition coefficient (Wildman–Crippen LogP) is 3.38. The lowest BCUT2D eigenvalue weighted by Gasteiger charge is -2.07. The van der Waals surface area contributed by atoms with E-state index in [9.17, 15) is 13.6 Å². The largest absolute Gasteiger partial charge is 0.434 e. The molecule has 1 aromatic heterocycles. The van der Waals surface area contributed by atoms with Crippen molar-refractivity contribution >= 4 is 23.3 Å². The van der Waals surface area contributed by atoms with Crippen LogP contribution in [-0.4, -0.2) is 17.5 Å². The fourth-order valence-electron chi connectivity index (χ4n) is 1.71. The first kappa shape index (κ1) is 16.1. The number of alkyl halides is 2. The van der Waals surface area contributed by atoms with E-state index in [0.29, 0.717) is 12.1 Å². The van der Waals surface area contributed by atoms with Crippen molar-refractivity contribution in [3.8, 4) is 5.75 Å². The van der Waals surface area contributed by atoms with Gasteiger partial charge < -0.3 is 10.1 Å². The molecule has 0 unspecified atom stereocenters. The zero-order chi connectivity index (χ0) is 15.9. The lowest BCUT2D eigenvalue weighted by atomic mass is 10.2. The van der Waals surface area contributed by atoms with Crippen molar-refractivity contribution in [3.05, 3.63) is 52.0 Å². The molecule has 1 amide bonds. The lowest BCUT2D eigenvalue weighted by Crippen LogP contribution is -2.19. The maximum absolute atomic E-state index is 12.3. The fourth-order valence-corrected chi connectivity index (χ4v) is 2.44. The molecular weight excluding hydrogens is 310 g/mol. The van der Waals surface area contributed by atoms with Crippen LogP contribution in [0.2, 0.25) is 0 Å². The molecule has 0 radical (unpaired) electrons. The number of ether oxygens (including phenoxy) is 1. The number of hydrogen-bond donors (Lipinski definition) is 1. The van der Waals surface area contributed by atoms with Crippen molar-refractivity contribution in [2.45, 2.75) is 20.1 Å². The summed E-state index contributed by atoms with van der Waals surface area (Å²) in [5.41, 5.74) is 0.409. The highest BCUT2D eigenvalue weighted by atomic mass is 32.1. The third-order valence-electron chi connectivity index (χ3n) is 2.66. The smallest absolute Gasteiger partial charge is 0.387 e. The number of thiazole rings is 1. The molecule has 2 aromatic rings. The summed E-state index contributed by atoms with van der Waals surface area (Å²) in [6.07, 6.45) is 4.42. The maximum Gasteiger partial charge on any atom is 0.387 e. The molecule has 0 aliphatic heterocycles. The molecular formula is C15H14F2N2O2S. The molecule has 4 nitrogen and oxygen atoms in total.